The predicted molar refractivity (Wildman–Crippen MR) is 72.5 cm³/mol. The highest BCUT2D eigenvalue weighted by molar-refractivity contribution is 6.05. The third-order valence-electron chi connectivity index (χ3n) is 3.09. The van der Waals surface area contributed by atoms with Crippen LogP contribution < -0.4 is 5.73 Å². The molecule has 0 fully saturated rings. The lowest BCUT2D eigenvalue weighted by Gasteiger charge is -2.02. The summed E-state index contributed by atoms with van der Waals surface area (Å²) >= 11 is 0. The van der Waals surface area contributed by atoms with E-state index in [-0.39, 0.29) is 0 Å². The van der Waals surface area contributed by atoms with Gasteiger partial charge in [0.25, 0.3) is 5.91 Å². The Labute approximate surface area is 109 Å². The average molecular weight is 252 g/mol. The number of fused-ring (bicyclic) bond motifs is 1. The molecule has 3 aromatic rings. The summed E-state index contributed by atoms with van der Waals surface area (Å²) in [6.45, 7) is 0. The van der Waals surface area contributed by atoms with Crippen LogP contribution in [0.15, 0.2) is 43.0 Å². The van der Waals surface area contributed by atoms with Crippen LogP contribution in [-0.2, 0) is 7.05 Å². The van der Waals surface area contributed by atoms with Crippen LogP contribution >= 0.6 is 0 Å². The molecule has 2 N–H and O–H groups in total. The number of carbonyl (C=O) groups excluding carboxylic acids is 1. The highest BCUT2D eigenvalue weighted by Gasteiger charge is 2.13. The molecule has 3 rings (SSSR count). The minimum Gasteiger partial charge on any atom is -0.365 e. The molecule has 0 spiro atoms. The Morgan fingerprint density at radius 2 is 2.16 bits per heavy atom. The van der Waals surface area contributed by atoms with Gasteiger partial charge in [0.1, 0.15) is 5.52 Å². The summed E-state index contributed by atoms with van der Waals surface area (Å²) in [5.74, 6) is -0.466. The summed E-state index contributed by atoms with van der Waals surface area (Å²) in [4.78, 5) is 19.8. The van der Waals surface area contributed by atoms with Gasteiger partial charge < -0.3 is 10.3 Å². The first kappa shape index (κ1) is 11.4. The van der Waals surface area contributed by atoms with Crippen molar-refractivity contribution < 1.29 is 4.79 Å². The van der Waals surface area contributed by atoms with E-state index in [4.69, 9.17) is 5.73 Å². The molecule has 1 amide bonds. The van der Waals surface area contributed by atoms with Crippen LogP contribution in [0.2, 0.25) is 0 Å². The van der Waals surface area contributed by atoms with Crippen molar-refractivity contribution in [3.63, 3.8) is 0 Å². The van der Waals surface area contributed by atoms with E-state index >= 15 is 0 Å². The van der Waals surface area contributed by atoms with Crippen molar-refractivity contribution >= 4 is 16.9 Å². The standard InChI is InChI=1S/C14H12N4O/c1-18-8-11(14(15)19)13-12(18)5-10(7-17-13)9-3-2-4-16-6-9/h2-8H,1H3,(H2,15,19). The van der Waals surface area contributed by atoms with Gasteiger partial charge in [0.15, 0.2) is 0 Å². The highest BCUT2D eigenvalue weighted by Crippen LogP contribution is 2.24. The summed E-state index contributed by atoms with van der Waals surface area (Å²) < 4.78 is 1.85. The minimum atomic E-state index is -0.466. The van der Waals surface area contributed by atoms with Gasteiger partial charge >= 0.3 is 0 Å². The molecule has 5 heteroatoms. The molecular formula is C14H12N4O. The van der Waals surface area contributed by atoms with Gasteiger partial charge in [0.05, 0.1) is 11.1 Å². The molecule has 3 heterocycles. The largest absolute Gasteiger partial charge is 0.365 e. The molecule has 0 atom stereocenters. The van der Waals surface area contributed by atoms with E-state index in [1.165, 1.54) is 0 Å². The van der Waals surface area contributed by atoms with E-state index in [0.29, 0.717) is 11.1 Å². The summed E-state index contributed by atoms with van der Waals surface area (Å²) in [7, 11) is 1.86. The SMILES string of the molecule is Cn1cc(C(N)=O)c2ncc(-c3cccnc3)cc21. The van der Waals surface area contributed by atoms with Crippen molar-refractivity contribution in [2.24, 2.45) is 12.8 Å². The fourth-order valence-corrected chi connectivity index (χ4v) is 2.13. The van der Waals surface area contributed by atoms with Crippen LogP contribution in [0.3, 0.4) is 0 Å². The van der Waals surface area contributed by atoms with Crippen molar-refractivity contribution in [3.05, 3.63) is 48.5 Å². The molecule has 0 aromatic carbocycles. The molecule has 5 nitrogen and oxygen atoms in total. The number of aryl methyl sites for hydroxylation is 1. The Balaban J connectivity index is 2.22. The number of nitrogens with two attached hydrogens (primary N) is 1. The summed E-state index contributed by atoms with van der Waals surface area (Å²) in [5.41, 5.74) is 9.22. The zero-order chi connectivity index (χ0) is 13.4. The lowest BCUT2D eigenvalue weighted by molar-refractivity contribution is 0.100. The number of amides is 1. The van der Waals surface area contributed by atoms with Gasteiger partial charge in [-0.2, -0.15) is 0 Å². The Morgan fingerprint density at radius 1 is 1.32 bits per heavy atom. The second kappa shape index (κ2) is 4.20. The molecule has 0 saturated heterocycles. The third kappa shape index (κ3) is 1.85. The van der Waals surface area contributed by atoms with E-state index in [1.54, 1.807) is 24.8 Å². The van der Waals surface area contributed by atoms with E-state index in [9.17, 15) is 4.79 Å². The molecular weight excluding hydrogens is 240 g/mol. The number of hydrogen-bond donors (Lipinski definition) is 1. The lowest BCUT2D eigenvalue weighted by atomic mass is 10.1. The lowest BCUT2D eigenvalue weighted by Crippen LogP contribution is -2.10. The second-order valence-electron chi connectivity index (χ2n) is 4.35. The molecule has 0 aliphatic carbocycles. The van der Waals surface area contributed by atoms with Crippen molar-refractivity contribution in [3.8, 4) is 11.1 Å². The van der Waals surface area contributed by atoms with Crippen molar-refractivity contribution in [2.45, 2.75) is 0 Å². The van der Waals surface area contributed by atoms with E-state index < -0.39 is 5.91 Å². The number of hydrogen-bond acceptors (Lipinski definition) is 3. The molecule has 0 bridgehead atoms. The molecule has 0 unspecified atom stereocenters. The van der Waals surface area contributed by atoms with Crippen LogP contribution in [0, 0.1) is 0 Å². The Bertz CT molecular complexity index is 762. The fraction of sp³-hybridized carbons (Fsp3) is 0.0714. The zero-order valence-corrected chi connectivity index (χ0v) is 10.4. The maximum absolute atomic E-state index is 11.3. The van der Waals surface area contributed by atoms with Gasteiger partial charge in [-0.15, -0.1) is 0 Å². The van der Waals surface area contributed by atoms with Crippen molar-refractivity contribution in [1.29, 1.82) is 0 Å². The predicted octanol–water partition coefficient (Wildman–Crippen LogP) is 1.73. The Hall–Kier alpha value is -2.69. The number of rotatable bonds is 2. The number of aromatic nitrogens is 3. The monoisotopic (exact) mass is 252 g/mol. The molecule has 0 saturated carbocycles. The smallest absolute Gasteiger partial charge is 0.252 e. The van der Waals surface area contributed by atoms with Crippen LogP contribution in [0.5, 0.6) is 0 Å². The van der Waals surface area contributed by atoms with Crippen LogP contribution in [0.4, 0.5) is 0 Å². The fourth-order valence-electron chi connectivity index (χ4n) is 2.13. The van der Waals surface area contributed by atoms with Gasteiger partial charge in [0, 0.05) is 43.0 Å². The van der Waals surface area contributed by atoms with Gasteiger partial charge in [-0.25, -0.2) is 0 Å². The normalized spacial score (nSPS) is 10.8. The quantitative estimate of drug-likeness (QED) is 0.754. The van der Waals surface area contributed by atoms with Crippen molar-refractivity contribution in [1.82, 2.24) is 14.5 Å². The molecule has 94 valence electrons. The maximum atomic E-state index is 11.3. The average Bonchev–Trinajstić information content (AvgIpc) is 2.77. The van der Waals surface area contributed by atoms with E-state index in [0.717, 1.165) is 16.6 Å². The van der Waals surface area contributed by atoms with E-state index in [1.807, 2.05) is 29.8 Å². The topological polar surface area (TPSA) is 73.8 Å². The number of primary amides is 1. The second-order valence-corrected chi connectivity index (χ2v) is 4.35. The Morgan fingerprint density at radius 3 is 2.84 bits per heavy atom. The first-order valence-corrected chi connectivity index (χ1v) is 5.82. The van der Waals surface area contributed by atoms with E-state index in [2.05, 4.69) is 9.97 Å². The molecule has 0 aliphatic rings. The van der Waals surface area contributed by atoms with Gasteiger partial charge in [-0.3, -0.25) is 14.8 Å². The van der Waals surface area contributed by atoms with Crippen LogP contribution in [0.1, 0.15) is 10.4 Å². The molecule has 0 aliphatic heterocycles. The Kier molecular flexibility index (Phi) is 2.52. The van der Waals surface area contributed by atoms with Crippen molar-refractivity contribution in [2.75, 3.05) is 0 Å². The first-order chi connectivity index (χ1) is 9.16. The highest BCUT2D eigenvalue weighted by atomic mass is 16.1. The van der Waals surface area contributed by atoms with Gasteiger partial charge in [-0.1, -0.05) is 6.07 Å². The maximum Gasteiger partial charge on any atom is 0.252 e. The summed E-state index contributed by atoms with van der Waals surface area (Å²) in [6.07, 6.45) is 6.93. The third-order valence-corrected chi connectivity index (χ3v) is 3.09. The summed E-state index contributed by atoms with van der Waals surface area (Å²) in [6, 6.07) is 5.82. The number of pyridine rings is 2. The zero-order valence-electron chi connectivity index (χ0n) is 10.4. The van der Waals surface area contributed by atoms with Gasteiger partial charge in [0.2, 0.25) is 0 Å². The summed E-state index contributed by atoms with van der Waals surface area (Å²) in [5, 5.41) is 0. The van der Waals surface area contributed by atoms with Gasteiger partial charge in [-0.05, 0) is 12.1 Å². The van der Waals surface area contributed by atoms with Crippen LogP contribution in [-0.4, -0.2) is 20.4 Å². The molecule has 0 radical (unpaired) electrons. The molecule has 19 heavy (non-hydrogen) atoms. The molecule has 3 aromatic heterocycles. The first-order valence-electron chi connectivity index (χ1n) is 5.82. The number of nitrogens with zero attached hydrogens (tertiary/aromatic N) is 3. The minimum absolute atomic E-state index is 0.440. The van der Waals surface area contributed by atoms with Crippen LogP contribution in [0.25, 0.3) is 22.2 Å². The number of carbonyl (C=O) groups is 1.